The van der Waals surface area contributed by atoms with Crippen molar-refractivity contribution in [2.24, 2.45) is 0 Å². The molecule has 0 saturated carbocycles. The first kappa shape index (κ1) is 14.5. The minimum absolute atomic E-state index is 0.0269. The monoisotopic (exact) mass is 304 g/mol. The van der Waals surface area contributed by atoms with Crippen LogP contribution in [0.2, 0.25) is 5.02 Å². The van der Waals surface area contributed by atoms with E-state index in [9.17, 15) is 9.36 Å². The summed E-state index contributed by atoms with van der Waals surface area (Å²) in [4.78, 5) is 11.4. The van der Waals surface area contributed by atoms with E-state index in [4.69, 9.17) is 20.6 Å². The van der Waals surface area contributed by atoms with E-state index >= 15 is 0 Å². The molecule has 0 spiro atoms. The van der Waals surface area contributed by atoms with Crippen molar-refractivity contribution < 1.29 is 23.1 Å². The molecule has 1 aromatic rings. The van der Waals surface area contributed by atoms with Crippen molar-refractivity contribution in [3.8, 4) is 0 Å². The van der Waals surface area contributed by atoms with Crippen LogP contribution in [-0.4, -0.2) is 19.7 Å². The van der Waals surface area contributed by atoms with Crippen molar-refractivity contribution in [2.45, 2.75) is 19.4 Å². The second-order valence-corrected chi connectivity index (χ2v) is 6.29. The Morgan fingerprint density at radius 1 is 1.53 bits per heavy atom. The number of rotatable bonds is 4. The smallest absolute Gasteiger partial charge is 0.363 e. The summed E-state index contributed by atoms with van der Waals surface area (Å²) in [6.45, 7) is 1.94. The van der Waals surface area contributed by atoms with Crippen LogP contribution in [0.5, 0.6) is 0 Å². The van der Waals surface area contributed by atoms with Crippen LogP contribution in [-0.2, 0) is 23.1 Å². The molecule has 19 heavy (non-hydrogen) atoms. The van der Waals surface area contributed by atoms with Gasteiger partial charge in [-0.15, -0.1) is 0 Å². The fourth-order valence-electron chi connectivity index (χ4n) is 2.00. The molecule has 0 radical (unpaired) electrons. The highest BCUT2D eigenvalue weighted by Crippen LogP contribution is 2.59. The summed E-state index contributed by atoms with van der Waals surface area (Å²) >= 11 is 6.08. The molecule has 7 heteroatoms. The van der Waals surface area contributed by atoms with Crippen molar-refractivity contribution >= 4 is 30.5 Å². The molecule has 1 aromatic carbocycles. The highest BCUT2D eigenvalue weighted by Gasteiger charge is 2.44. The van der Waals surface area contributed by atoms with Gasteiger partial charge in [-0.2, -0.15) is 0 Å². The predicted octanol–water partition coefficient (Wildman–Crippen LogP) is 2.83. The molecule has 2 unspecified atom stereocenters. The number of carbonyl (C=O) groups is 1. The minimum Gasteiger partial charge on any atom is -0.469 e. The van der Waals surface area contributed by atoms with Crippen LogP contribution in [0, 0.1) is 0 Å². The van der Waals surface area contributed by atoms with E-state index in [2.05, 4.69) is 4.74 Å². The molecule has 1 aliphatic heterocycles. The van der Waals surface area contributed by atoms with Crippen molar-refractivity contribution in [1.82, 2.24) is 0 Å². The summed E-state index contributed by atoms with van der Waals surface area (Å²) in [6.07, 6.45) is -0.681. The number of benzene rings is 1. The first-order valence-electron chi connectivity index (χ1n) is 5.80. The lowest BCUT2D eigenvalue weighted by Crippen LogP contribution is -2.10. The number of ether oxygens (including phenoxy) is 1. The predicted molar refractivity (Wildman–Crippen MR) is 70.8 cm³/mol. The van der Waals surface area contributed by atoms with Gasteiger partial charge in [-0.25, -0.2) is 0 Å². The quantitative estimate of drug-likeness (QED) is 0.632. The maximum atomic E-state index is 12.7. The Labute approximate surface area is 116 Å². The zero-order valence-corrected chi connectivity index (χ0v) is 12.2. The van der Waals surface area contributed by atoms with Gasteiger partial charge in [0, 0.05) is 0 Å². The molecule has 0 fully saturated rings. The van der Waals surface area contributed by atoms with Crippen molar-refractivity contribution in [3.05, 3.63) is 28.8 Å². The third-order valence-corrected chi connectivity index (χ3v) is 5.41. The zero-order valence-electron chi connectivity index (χ0n) is 10.6. The number of fused-ring (bicyclic) bond motifs is 1. The lowest BCUT2D eigenvalue weighted by atomic mass is 10.1. The Morgan fingerprint density at radius 3 is 2.89 bits per heavy atom. The second-order valence-electron chi connectivity index (χ2n) is 3.97. The molecule has 104 valence electrons. The average Bonchev–Trinajstić information content (AvgIpc) is 2.64. The van der Waals surface area contributed by atoms with Gasteiger partial charge in [-0.05, 0) is 18.6 Å². The Bertz CT molecular complexity index is 545. The molecule has 1 aliphatic rings. The van der Waals surface area contributed by atoms with E-state index in [0.717, 1.165) is 0 Å². The van der Waals surface area contributed by atoms with E-state index in [0.29, 0.717) is 15.9 Å². The fourth-order valence-corrected chi connectivity index (χ4v) is 4.53. The van der Waals surface area contributed by atoms with Gasteiger partial charge in [-0.3, -0.25) is 13.9 Å². The number of hydrogen-bond donors (Lipinski definition) is 0. The topological polar surface area (TPSA) is 61.8 Å². The van der Waals surface area contributed by atoms with Crippen molar-refractivity contribution in [3.63, 3.8) is 0 Å². The summed E-state index contributed by atoms with van der Waals surface area (Å²) < 4.78 is 28.0. The highest BCUT2D eigenvalue weighted by molar-refractivity contribution is 7.63. The minimum atomic E-state index is -3.46. The molecule has 0 N–H and O–H groups in total. The van der Waals surface area contributed by atoms with E-state index in [1.54, 1.807) is 25.1 Å². The van der Waals surface area contributed by atoms with E-state index in [1.807, 2.05) is 0 Å². The molecular formula is C12H14ClO5P. The molecule has 0 amide bonds. The lowest BCUT2D eigenvalue weighted by molar-refractivity contribution is -0.142. The van der Waals surface area contributed by atoms with Crippen LogP contribution < -0.4 is 5.30 Å². The molecule has 0 saturated heterocycles. The normalized spacial score (nSPS) is 25.1. The molecule has 5 nitrogen and oxygen atoms in total. The van der Waals surface area contributed by atoms with Gasteiger partial charge < -0.3 is 9.26 Å². The number of carbonyl (C=O) groups excluding carboxylic acids is 1. The Morgan fingerprint density at radius 2 is 2.26 bits per heavy atom. The van der Waals surface area contributed by atoms with E-state index < -0.39 is 19.7 Å². The molecule has 2 rings (SSSR count). The third-order valence-electron chi connectivity index (χ3n) is 2.78. The van der Waals surface area contributed by atoms with Crippen LogP contribution in [0.3, 0.4) is 0 Å². The largest absolute Gasteiger partial charge is 0.469 e. The standard InChI is InChI=1S/C12H14ClO5P/c1-3-17-19(15)12-8(5-4-6-9(12)13)10(18-19)7-11(14)16-2/h4-6,10H,3,7H2,1-2H3. The molecule has 1 heterocycles. The van der Waals surface area contributed by atoms with Crippen LogP contribution >= 0.6 is 19.2 Å². The second kappa shape index (κ2) is 5.63. The van der Waals surface area contributed by atoms with Crippen LogP contribution in [0.25, 0.3) is 0 Å². The van der Waals surface area contributed by atoms with Crippen molar-refractivity contribution in [1.29, 1.82) is 0 Å². The number of halogens is 1. The lowest BCUT2D eigenvalue weighted by Gasteiger charge is -2.13. The molecule has 2 atom stereocenters. The van der Waals surface area contributed by atoms with Gasteiger partial charge in [-0.1, -0.05) is 23.7 Å². The van der Waals surface area contributed by atoms with Gasteiger partial charge in [0.05, 0.1) is 30.5 Å². The highest BCUT2D eigenvalue weighted by atomic mass is 35.5. The molecule has 0 aliphatic carbocycles. The summed E-state index contributed by atoms with van der Waals surface area (Å²) in [7, 11) is -2.17. The summed E-state index contributed by atoms with van der Waals surface area (Å²) in [6, 6.07) is 5.07. The van der Waals surface area contributed by atoms with Gasteiger partial charge in [0.1, 0.15) is 6.10 Å². The Kier molecular flexibility index (Phi) is 4.31. The SMILES string of the molecule is CCOP1(=O)OC(CC(=O)OC)c2cccc(Cl)c21. The van der Waals surface area contributed by atoms with Crippen LogP contribution in [0.15, 0.2) is 18.2 Å². The maximum Gasteiger partial charge on any atom is 0.363 e. The van der Waals surface area contributed by atoms with E-state index in [-0.39, 0.29) is 13.0 Å². The number of hydrogen-bond acceptors (Lipinski definition) is 5. The molecule has 0 aromatic heterocycles. The summed E-state index contributed by atoms with van der Waals surface area (Å²) in [5, 5.41) is 0.675. The summed E-state index contributed by atoms with van der Waals surface area (Å²) in [5.41, 5.74) is 0.620. The van der Waals surface area contributed by atoms with Crippen LogP contribution in [0.4, 0.5) is 0 Å². The van der Waals surface area contributed by atoms with Gasteiger partial charge >= 0.3 is 13.6 Å². The molecule has 0 bridgehead atoms. The first-order valence-corrected chi connectivity index (χ1v) is 7.72. The number of methoxy groups -OCH3 is 1. The first-order chi connectivity index (χ1) is 9.01. The van der Waals surface area contributed by atoms with Gasteiger partial charge in [0.2, 0.25) is 0 Å². The Hall–Kier alpha value is -0.870. The van der Waals surface area contributed by atoms with Crippen molar-refractivity contribution in [2.75, 3.05) is 13.7 Å². The van der Waals surface area contributed by atoms with Crippen LogP contribution in [0.1, 0.15) is 25.0 Å². The fraction of sp³-hybridized carbons (Fsp3) is 0.417. The zero-order chi connectivity index (χ0) is 14.0. The van der Waals surface area contributed by atoms with Gasteiger partial charge in [0.15, 0.2) is 0 Å². The Balaban J connectivity index is 2.42. The molecular weight excluding hydrogens is 291 g/mol. The summed E-state index contributed by atoms with van der Waals surface area (Å²) in [5.74, 6) is -0.444. The maximum absolute atomic E-state index is 12.7. The number of esters is 1. The third kappa shape index (κ3) is 2.70. The average molecular weight is 305 g/mol. The van der Waals surface area contributed by atoms with Gasteiger partial charge in [0.25, 0.3) is 0 Å². The van der Waals surface area contributed by atoms with E-state index in [1.165, 1.54) is 7.11 Å².